The molecule has 4 rings (SSSR count). The van der Waals surface area contributed by atoms with Crippen LogP contribution in [0.4, 0.5) is 13.6 Å². The minimum absolute atomic E-state index is 0.0925. The van der Waals surface area contributed by atoms with E-state index in [0.29, 0.717) is 5.56 Å². The van der Waals surface area contributed by atoms with Crippen LogP contribution in [-0.4, -0.2) is 35.8 Å². The van der Waals surface area contributed by atoms with Crippen LogP contribution in [0.5, 0.6) is 5.75 Å². The number of amides is 3. The molecule has 3 aromatic carbocycles. The Morgan fingerprint density at radius 1 is 1.03 bits per heavy atom. The van der Waals surface area contributed by atoms with Crippen molar-refractivity contribution in [2.75, 3.05) is 6.54 Å². The van der Waals surface area contributed by atoms with Crippen molar-refractivity contribution in [3.63, 3.8) is 0 Å². The summed E-state index contributed by atoms with van der Waals surface area (Å²) in [4.78, 5) is 39.3. The summed E-state index contributed by atoms with van der Waals surface area (Å²) in [5, 5.41) is 4.45. The molecular formula is C23H18F2N2O4. The van der Waals surface area contributed by atoms with Gasteiger partial charge in [0, 0.05) is 5.56 Å². The monoisotopic (exact) mass is 424 g/mol. The maximum absolute atomic E-state index is 13.2. The summed E-state index contributed by atoms with van der Waals surface area (Å²) in [7, 11) is 0. The van der Waals surface area contributed by atoms with Crippen molar-refractivity contribution in [2.24, 2.45) is 0 Å². The number of nitrogens with one attached hydrogen (secondary N) is 1. The summed E-state index contributed by atoms with van der Waals surface area (Å²) in [6, 6.07) is 17.4. The topological polar surface area (TPSA) is 75.7 Å². The number of ketones is 1. The molecule has 3 amide bonds. The summed E-state index contributed by atoms with van der Waals surface area (Å²) in [5.41, 5.74) is -0.527. The van der Waals surface area contributed by atoms with Crippen molar-refractivity contribution in [2.45, 2.75) is 19.1 Å². The second-order valence-electron chi connectivity index (χ2n) is 7.30. The van der Waals surface area contributed by atoms with Gasteiger partial charge in [0.15, 0.2) is 5.78 Å². The zero-order chi connectivity index (χ0) is 22.2. The Bertz CT molecular complexity index is 1170. The number of halogens is 2. The van der Waals surface area contributed by atoms with Gasteiger partial charge in [0.25, 0.3) is 5.91 Å². The van der Waals surface area contributed by atoms with Gasteiger partial charge in [-0.25, -0.2) is 4.79 Å². The summed E-state index contributed by atoms with van der Waals surface area (Å²) >= 11 is 0. The van der Waals surface area contributed by atoms with E-state index in [1.54, 1.807) is 19.1 Å². The smallest absolute Gasteiger partial charge is 0.387 e. The van der Waals surface area contributed by atoms with Gasteiger partial charge >= 0.3 is 12.6 Å². The van der Waals surface area contributed by atoms with E-state index in [4.69, 9.17) is 0 Å². The minimum Gasteiger partial charge on any atom is -0.435 e. The number of rotatable bonds is 6. The highest BCUT2D eigenvalue weighted by Crippen LogP contribution is 2.34. The van der Waals surface area contributed by atoms with E-state index in [0.717, 1.165) is 15.7 Å². The molecule has 0 radical (unpaired) electrons. The SMILES string of the molecule is CC1(c2cccc3ccccc23)NC(=O)N(CC(=O)c2ccc(OC(F)F)cc2)C1=O. The summed E-state index contributed by atoms with van der Waals surface area (Å²) < 4.78 is 28.8. The fourth-order valence-corrected chi connectivity index (χ4v) is 3.74. The number of ether oxygens (including phenoxy) is 1. The van der Waals surface area contributed by atoms with Gasteiger partial charge < -0.3 is 10.1 Å². The Labute approximate surface area is 176 Å². The van der Waals surface area contributed by atoms with E-state index in [1.165, 1.54) is 24.3 Å². The maximum atomic E-state index is 13.2. The molecule has 1 atom stereocenters. The number of alkyl halides is 2. The number of fused-ring (bicyclic) bond motifs is 1. The Hall–Kier alpha value is -3.81. The molecule has 1 aliphatic heterocycles. The zero-order valence-electron chi connectivity index (χ0n) is 16.5. The van der Waals surface area contributed by atoms with Gasteiger partial charge in [-0.2, -0.15) is 8.78 Å². The number of imide groups is 1. The molecule has 0 bridgehead atoms. The lowest BCUT2D eigenvalue weighted by atomic mass is 9.88. The molecule has 3 aromatic rings. The Morgan fingerprint density at radius 2 is 1.71 bits per heavy atom. The van der Waals surface area contributed by atoms with Gasteiger partial charge in [-0.15, -0.1) is 0 Å². The predicted octanol–water partition coefficient (Wildman–Crippen LogP) is 4.09. The number of urea groups is 1. The van der Waals surface area contributed by atoms with Crippen molar-refractivity contribution in [1.82, 2.24) is 10.2 Å². The number of hydrogen-bond donors (Lipinski definition) is 1. The second-order valence-corrected chi connectivity index (χ2v) is 7.30. The number of nitrogens with zero attached hydrogens (tertiary/aromatic N) is 1. The first kappa shape index (κ1) is 20.5. The first-order valence-electron chi connectivity index (χ1n) is 9.50. The molecule has 1 unspecified atom stereocenters. The predicted molar refractivity (Wildman–Crippen MR) is 109 cm³/mol. The summed E-state index contributed by atoms with van der Waals surface area (Å²) in [6.45, 7) is -1.84. The molecule has 0 aromatic heterocycles. The van der Waals surface area contributed by atoms with Crippen molar-refractivity contribution in [1.29, 1.82) is 0 Å². The van der Waals surface area contributed by atoms with Gasteiger partial charge in [0.1, 0.15) is 11.3 Å². The average molecular weight is 424 g/mol. The summed E-state index contributed by atoms with van der Waals surface area (Å²) in [5.74, 6) is -1.14. The van der Waals surface area contributed by atoms with Crippen molar-refractivity contribution in [3.8, 4) is 5.75 Å². The van der Waals surface area contributed by atoms with E-state index in [2.05, 4.69) is 10.1 Å². The van der Waals surface area contributed by atoms with E-state index in [1.807, 2.05) is 30.3 Å². The fourth-order valence-electron chi connectivity index (χ4n) is 3.74. The van der Waals surface area contributed by atoms with Gasteiger partial charge in [-0.05, 0) is 47.5 Å². The molecule has 1 aliphatic rings. The molecule has 1 saturated heterocycles. The van der Waals surface area contributed by atoms with Crippen LogP contribution in [0.25, 0.3) is 10.8 Å². The Kier molecular flexibility index (Phi) is 5.14. The number of benzene rings is 3. The number of carbonyl (C=O) groups excluding carboxylic acids is 3. The van der Waals surface area contributed by atoms with Gasteiger partial charge in [0.2, 0.25) is 0 Å². The van der Waals surface area contributed by atoms with Crippen LogP contribution >= 0.6 is 0 Å². The lowest BCUT2D eigenvalue weighted by Gasteiger charge is -2.24. The van der Waals surface area contributed by atoms with E-state index >= 15 is 0 Å². The maximum Gasteiger partial charge on any atom is 0.387 e. The lowest BCUT2D eigenvalue weighted by Crippen LogP contribution is -2.41. The van der Waals surface area contributed by atoms with E-state index in [-0.39, 0.29) is 11.3 Å². The largest absolute Gasteiger partial charge is 0.435 e. The highest BCUT2D eigenvalue weighted by Gasteiger charge is 2.50. The number of Topliss-reactive ketones (excluding diaryl/α,β-unsaturated/α-hetero) is 1. The molecule has 8 heteroatoms. The van der Waals surface area contributed by atoms with Crippen molar-refractivity contribution >= 4 is 28.5 Å². The van der Waals surface area contributed by atoms with Crippen LogP contribution in [0.1, 0.15) is 22.8 Å². The molecule has 1 fully saturated rings. The van der Waals surface area contributed by atoms with E-state index in [9.17, 15) is 23.2 Å². The lowest BCUT2D eigenvalue weighted by molar-refractivity contribution is -0.130. The molecule has 1 heterocycles. The Balaban J connectivity index is 1.57. The Morgan fingerprint density at radius 3 is 2.42 bits per heavy atom. The zero-order valence-corrected chi connectivity index (χ0v) is 16.5. The fraction of sp³-hybridized carbons (Fsp3) is 0.174. The average Bonchev–Trinajstić information content (AvgIpc) is 2.97. The molecule has 158 valence electrons. The molecule has 0 saturated carbocycles. The van der Waals surface area contributed by atoms with Crippen LogP contribution in [-0.2, 0) is 10.3 Å². The third kappa shape index (κ3) is 3.72. The number of carbonyl (C=O) groups is 3. The van der Waals surface area contributed by atoms with Crippen LogP contribution in [0.2, 0.25) is 0 Å². The van der Waals surface area contributed by atoms with Gasteiger partial charge in [0.05, 0.1) is 6.54 Å². The molecule has 1 N–H and O–H groups in total. The van der Waals surface area contributed by atoms with Crippen LogP contribution < -0.4 is 10.1 Å². The first-order chi connectivity index (χ1) is 14.8. The molecule has 31 heavy (non-hydrogen) atoms. The molecule has 6 nitrogen and oxygen atoms in total. The van der Waals surface area contributed by atoms with Gasteiger partial charge in [-0.3, -0.25) is 14.5 Å². The van der Waals surface area contributed by atoms with Crippen LogP contribution in [0.15, 0.2) is 66.7 Å². The molecule has 0 spiro atoms. The van der Waals surface area contributed by atoms with E-state index < -0.39 is 36.4 Å². The highest BCUT2D eigenvalue weighted by atomic mass is 19.3. The standard InChI is InChI=1S/C23H18F2N2O4/c1-23(18-8-4-6-14-5-2-3-7-17(14)18)20(29)27(22(30)26-23)13-19(28)15-9-11-16(12-10-15)31-21(24)25/h2-12,21H,13H2,1H3,(H,26,30). The summed E-state index contributed by atoms with van der Waals surface area (Å²) in [6.07, 6.45) is 0. The quantitative estimate of drug-likeness (QED) is 0.478. The van der Waals surface area contributed by atoms with Gasteiger partial charge in [-0.1, -0.05) is 42.5 Å². The molecular weight excluding hydrogens is 406 g/mol. The highest BCUT2D eigenvalue weighted by molar-refractivity contribution is 6.12. The third-order valence-corrected chi connectivity index (χ3v) is 5.31. The first-order valence-corrected chi connectivity index (χ1v) is 9.50. The van der Waals surface area contributed by atoms with Crippen LogP contribution in [0.3, 0.4) is 0 Å². The second kappa shape index (κ2) is 7.79. The normalized spacial score (nSPS) is 18.5. The minimum atomic E-state index is -2.97. The van der Waals surface area contributed by atoms with Crippen LogP contribution in [0, 0.1) is 0 Å². The third-order valence-electron chi connectivity index (χ3n) is 5.31. The van der Waals surface area contributed by atoms with Crippen molar-refractivity contribution < 1.29 is 27.9 Å². The number of hydrogen-bond acceptors (Lipinski definition) is 4. The van der Waals surface area contributed by atoms with Crippen molar-refractivity contribution in [3.05, 3.63) is 77.9 Å². The molecule has 0 aliphatic carbocycles.